The topological polar surface area (TPSA) is 91.7 Å². The highest BCUT2D eigenvalue weighted by atomic mass is 19.4. The SMILES string of the molecule is CC(C)(C)N1CCN[C@@H](C(=O)N2CCN(C(=O)Nc3ccc(C#N)c(C(F)(F)F)c3)CC2)C1. The molecular formula is C22H29F3N6O2. The van der Waals surface area contributed by atoms with Gasteiger partial charge in [-0.15, -0.1) is 0 Å². The molecule has 1 aromatic rings. The maximum Gasteiger partial charge on any atom is 0.417 e. The number of anilines is 1. The van der Waals surface area contributed by atoms with Crippen LogP contribution in [0.3, 0.4) is 0 Å². The Morgan fingerprint density at radius 1 is 1.09 bits per heavy atom. The van der Waals surface area contributed by atoms with Crippen molar-refractivity contribution in [3.05, 3.63) is 29.3 Å². The van der Waals surface area contributed by atoms with Gasteiger partial charge in [0.1, 0.15) is 0 Å². The monoisotopic (exact) mass is 466 g/mol. The molecule has 0 spiro atoms. The molecule has 2 aliphatic heterocycles. The lowest BCUT2D eigenvalue weighted by Gasteiger charge is -2.43. The molecule has 0 aliphatic carbocycles. The normalized spacial score (nSPS) is 20.3. The van der Waals surface area contributed by atoms with Crippen LogP contribution in [-0.4, -0.2) is 84.0 Å². The van der Waals surface area contributed by atoms with Crippen LogP contribution in [0.4, 0.5) is 23.7 Å². The van der Waals surface area contributed by atoms with E-state index in [1.54, 1.807) is 4.90 Å². The molecule has 0 saturated carbocycles. The van der Waals surface area contributed by atoms with Crippen molar-refractivity contribution in [3.63, 3.8) is 0 Å². The zero-order chi connectivity index (χ0) is 24.4. The van der Waals surface area contributed by atoms with E-state index in [2.05, 4.69) is 36.3 Å². The van der Waals surface area contributed by atoms with Crippen molar-refractivity contribution in [1.29, 1.82) is 5.26 Å². The van der Waals surface area contributed by atoms with Crippen LogP contribution in [0.15, 0.2) is 18.2 Å². The second-order valence-corrected chi connectivity index (χ2v) is 9.24. The summed E-state index contributed by atoms with van der Waals surface area (Å²) in [5, 5.41) is 14.6. The van der Waals surface area contributed by atoms with Gasteiger partial charge < -0.3 is 20.4 Å². The van der Waals surface area contributed by atoms with E-state index in [0.29, 0.717) is 19.6 Å². The molecule has 33 heavy (non-hydrogen) atoms. The Hall–Kier alpha value is -2.84. The predicted octanol–water partition coefficient (Wildman–Crippen LogP) is 2.33. The molecule has 0 aromatic heterocycles. The summed E-state index contributed by atoms with van der Waals surface area (Å²) in [4.78, 5) is 31.0. The summed E-state index contributed by atoms with van der Waals surface area (Å²) in [6, 6.07) is 3.71. The van der Waals surface area contributed by atoms with E-state index < -0.39 is 23.3 Å². The molecule has 2 N–H and O–H groups in total. The molecule has 0 unspecified atom stereocenters. The third-order valence-corrected chi connectivity index (χ3v) is 6.00. The van der Waals surface area contributed by atoms with E-state index in [4.69, 9.17) is 5.26 Å². The van der Waals surface area contributed by atoms with Crippen LogP contribution in [0.1, 0.15) is 31.9 Å². The summed E-state index contributed by atoms with van der Waals surface area (Å²) >= 11 is 0. The van der Waals surface area contributed by atoms with Crippen LogP contribution in [0.2, 0.25) is 0 Å². The molecule has 2 aliphatic rings. The average Bonchev–Trinajstić information content (AvgIpc) is 2.77. The smallest absolute Gasteiger partial charge is 0.338 e. The van der Waals surface area contributed by atoms with Crippen molar-refractivity contribution in [2.24, 2.45) is 0 Å². The fraction of sp³-hybridized carbons (Fsp3) is 0.591. The summed E-state index contributed by atoms with van der Waals surface area (Å²) in [6.07, 6.45) is -4.70. The highest BCUT2D eigenvalue weighted by Gasteiger charge is 2.36. The first-order valence-electron chi connectivity index (χ1n) is 10.8. The first kappa shape index (κ1) is 24.8. The Kier molecular flexibility index (Phi) is 7.19. The third kappa shape index (κ3) is 5.94. The molecule has 3 amide bonds. The number of urea groups is 1. The van der Waals surface area contributed by atoms with Crippen LogP contribution in [0, 0.1) is 11.3 Å². The number of carbonyl (C=O) groups excluding carboxylic acids is 2. The molecule has 3 rings (SSSR count). The number of hydrogen-bond acceptors (Lipinski definition) is 5. The summed E-state index contributed by atoms with van der Waals surface area (Å²) in [5.41, 5.74) is -1.68. The lowest BCUT2D eigenvalue weighted by molar-refractivity contribution is -0.138. The van der Waals surface area contributed by atoms with Gasteiger partial charge in [-0.1, -0.05) is 0 Å². The van der Waals surface area contributed by atoms with Gasteiger partial charge in [0.05, 0.1) is 23.2 Å². The Bertz CT molecular complexity index is 930. The zero-order valence-electron chi connectivity index (χ0n) is 19.0. The molecule has 2 heterocycles. The maximum atomic E-state index is 13.1. The van der Waals surface area contributed by atoms with Gasteiger partial charge in [-0.2, -0.15) is 18.4 Å². The molecule has 0 radical (unpaired) electrons. The standard InChI is InChI=1S/C22H29F3N6O2/c1-21(2,3)31-7-6-27-18(14-31)19(32)29-8-10-30(11-9-29)20(33)28-16-5-4-15(13-26)17(12-16)22(23,24)25/h4-5,12,18,27H,6-11,14H2,1-3H3,(H,28,33)/t18-/m1/s1. The van der Waals surface area contributed by atoms with Gasteiger partial charge in [0, 0.05) is 57.0 Å². The number of halogens is 3. The summed E-state index contributed by atoms with van der Waals surface area (Å²) < 4.78 is 39.4. The lowest BCUT2D eigenvalue weighted by atomic mass is 10.0. The van der Waals surface area contributed by atoms with E-state index in [1.807, 2.05) is 0 Å². The number of rotatable bonds is 2. The largest absolute Gasteiger partial charge is 0.417 e. The number of benzene rings is 1. The highest BCUT2D eigenvalue weighted by molar-refractivity contribution is 5.90. The predicted molar refractivity (Wildman–Crippen MR) is 116 cm³/mol. The Labute approximate surface area is 191 Å². The van der Waals surface area contributed by atoms with Crippen LogP contribution in [0.25, 0.3) is 0 Å². The van der Waals surface area contributed by atoms with Gasteiger partial charge in [-0.05, 0) is 39.0 Å². The van der Waals surface area contributed by atoms with Crippen molar-refractivity contribution in [2.75, 3.05) is 51.1 Å². The van der Waals surface area contributed by atoms with E-state index in [9.17, 15) is 22.8 Å². The average molecular weight is 467 g/mol. The van der Waals surface area contributed by atoms with Crippen LogP contribution in [-0.2, 0) is 11.0 Å². The van der Waals surface area contributed by atoms with Crippen LogP contribution in [0.5, 0.6) is 0 Å². The molecule has 11 heteroatoms. The molecule has 1 atom stereocenters. The molecule has 8 nitrogen and oxygen atoms in total. The second-order valence-electron chi connectivity index (χ2n) is 9.24. The molecule has 180 valence electrons. The van der Waals surface area contributed by atoms with Gasteiger partial charge in [-0.25, -0.2) is 4.79 Å². The second kappa shape index (κ2) is 9.57. The van der Waals surface area contributed by atoms with Gasteiger partial charge in [-0.3, -0.25) is 9.69 Å². The van der Waals surface area contributed by atoms with Crippen LogP contribution >= 0.6 is 0 Å². The molecule has 2 saturated heterocycles. The van der Waals surface area contributed by atoms with Gasteiger partial charge in [0.15, 0.2) is 0 Å². The van der Waals surface area contributed by atoms with Crippen LogP contribution < -0.4 is 10.6 Å². The number of nitrogens with one attached hydrogen (secondary N) is 2. The van der Waals surface area contributed by atoms with E-state index in [-0.39, 0.29) is 36.3 Å². The van der Waals surface area contributed by atoms with Gasteiger partial charge >= 0.3 is 12.2 Å². The quantitative estimate of drug-likeness (QED) is 0.698. The minimum Gasteiger partial charge on any atom is -0.338 e. The Morgan fingerprint density at radius 2 is 1.73 bits per heavy atom. The summed E-state index contributed by atoms with van der Waals surface area (Å²) in [5.74, 6) is -0.00841. The first-order chi connectivity index (χ1) is 15.4. The molecule has 2 fully saturated rings. The summed E-state index contributed by atoms with van der Waals surface area (Å²) in [6.45, 7) is 9.79. The zero-order valence-corrected chi connectivity index (χ0v) is 19.0. The minimum absolute atomic E-state index is 0.00841. The van der Waals surface area contributed by atoms with Crippen molar-refractivity contribution >= 4 is 17.6 Å². The third-order valence-electron chi connectivity index (χ3n) is 6.00. The van der Waals surface area contributed by atoms with Crippen molar-refractivity contribution in [1.82, 2.24) is 20.0 Å². The maximum absolute atomic E-state index is 13.1. The number of nitrogens with zero attached hydrogens (tertiary/aromatic N) is 4. The van der Waals surface area contributed by atoms with E-state index in [1.165, 1.54) is 17.0 Å². The van der Waals surface area contributed by atoms with E-state index >= 15 is 0 Å². The number of piperazine rings is 2. The molecule has 1 aromatic carbocycles. The molecule has 0 bridgehead atoms. The Balaban J connectivity index is 1.56. The number of alkyl halides is 3. The fourth-order valence-electron chi connectivity index (χ4n) is 4.03. The van der Waals surface area contributed by atoms with Gasteiger partial charge in [0.25, 0.3) is 0 Å². The number of carbonyl (C=O) groups is 2. The highest BCUT2D eigenvalue weighted by Crippen LogP contribution is 2.33. The lowest BCUT2D eigenvalue weighted by Crippen LogP contribution is -2.63. The van der Waals surface area contributed by atoms with E-state index in [0.717, 1.165) is 25.2 Å². The number of amides is 3. The number of hydrogen-bond donors (Lipinski definition) is 2. The van der Waals surface area contributed by atoms with Crippen molar-refractivity contribution in [2.45, 2.75) is 38.5 Å². The fourth-order valence-corrected chi connectivity index (χ4v) is 4.03. The first-order valence-corrected chi connectivity index (χ1v) is 10.8. The Morgan fingerprint density at radius 3 is 2.30 bits per heavy atom. The van der Waals surface area contributed by atoms with Gasteiger partial charge in [0.2, 0.25) is 5.91 Å². The summed E-state index contributed by atoms with van der Waals surface area (Å²) in [7, 11) is 0. The minimum atomic E-state index is -4.70. The molecular weight excluding hydrogens is 437 g/mol. The van der Waals surface area contributed by atoms with Crippen molar-refractivity contribution < 1.29 is 22.8 Å². The number of nitriles is 1. The van der Waals surface area contributed by atoms with Crippen molar-refractivity contribution in [3.8, 4) is 6.07 Å².